The summed E-state index contributed by atoms with van der Waals surface area (Å²) in [7, 11) is 2.74. The summed E-state index contributed by atoms with van der Waals surface area (Å²) in [5, 5.41) is 8.51. The Hall–Kier alpha value is -0.0100. The van der Waals surface area contributed by atoms with Crippen molar-refractivity contribution in [2.24, 2.45) is 0 Å². The van der Waals surface area contributed by atoms with E-state index in [0.29, 0.717) is 0 Å². The van der Waals surface area contributed by atoms with Gasteiger partial charge in [-0.05, 0) is 19.3 Å². The molecular weight excluding hydrogens is 333 g/mol. The van der Waals surface area contributed by atoms with Crippen LogP contribution in [0.25, 0.3) is 0 Å². The second-order valence-electron chi connectivity index (χ2n) is 7.05. The van der Waals surface area contributed by atoms with E-state index in [-0.39, 0.29) is 25.3 Å². The molecule has 3 N–H and O–H groups in total. The average molecular weight is 371 g/mol. The molecule has 0 bridgehead atoms. The monoisotopic (exact) mass is 371 g/mol. The van der Waals surface area contributed by atoms with Gasteiger partial charge in [0.15, 0.2) is 0 Å². The Morgan fingerprint density at radius 2 is 1.21 bits per heavy atom. The number of unbranched alkanes of at least 4 members (excludes halogenated alkanes) is 8. The Balaban J connectivity index is 0. The molecule has 148 valence electrons. The lowest BCUT2D eigenvalue weighted by atomic mass is 10.1. The van der Waals surface area contributed by atoms with Crippen molar-refractivity contribution < 1.29 is 33.6 Å². The van der Waals surface area contributed by atoms with E-state index in [0.717, 1.165) is 23.7 Å². The van der Waals surface area contributed by atoms with Gasteiger partial charge in [0.25, 0.3) is 0 Å². The number of hydrogen-bond donors (Lipinski definition) is 2. The van der Waals surface area contributed by atoms with Crippen LogP contribution in [0.5, 0.6) is 0 Å². The Labute approximate surface area is 147 Å². The zero-order chi connectivity index (χ0) is 17.6. The maximum atomic E-state index is 11.3. The van der Waals surface area contributed by atoms with Gasteiger partial charge in [-0.2, -0.15) is 0 Å². The van der Waals surface area contributed by atoms with Crippen LogP contribution in [0.3, 0.4) is 0 Å². The molecule has 0 aliphatic heterocycles. The highest BCUT2D eigenvalue weighted by Gasteiger charge is 2.19. The van der Waals surface area contributed by atoms with E-state index in [9.17, 15) is 9.46 Å². The third kappa shape index (κ3) is 20.0. The Bertz CT molecular complexity index is 322. The predicted octanol–water partition coefficient (Wildman–Crippen LogP) is 3.15. The fourth-order valence-electron chi connectivity index (χ4n) is 2.30. The lowest BCUT2D eigenvalue weighted by Gasteiger charge is -2.23. The fourth-order valence-corrected chi connectivity index (χ4v) is 3.05. The zero-order valence-electron chi connectivity index (χ0n) is 15.7. The number of aliphatic hydroxyl groups is 1. The van der Waals surface area contributed by atoms with Crippen LogP contribution in [0.15, 0.2) is 0 Å². The molecule has 0 radical (unpaired) electrons. The first-order valence-corrected chi connectivity index (χ1v) is 10.3. The number of aliphatic hydroxyl groups excluding tert-OH is 1. The molecule has 0 aromatic heterocycles. The third-order valence-electron chi connectivity index (χ3n) is 3.57. The second kappa shape index (κ2) is 15.3. The van der Waals surface area contributed by atoms with E-state index < -0.39 is 7.82 Å². The summed E-state index contributed by atoms with van der Waals surface area (Å²) in [5.41, 5.74) is 0. The molecule has 0 aromatic rings. The summed E-state index contributed by atoms with van der Waals surface area (Å²) in [4.78, 5) is 9.24. The second-order valence-corrected chi connectivity index (χ2v) is 8.51. The molecule has 0 aromatic carbocycles. The smallest absolute Gasteiger partial charge is 0.472 e. The predicted molar refractivity (Wildman–Crippen MR) is 95.2 cm³/mol. The number of quaternary nitrogens is 1. The van der Waals surface area contributed by atoms with E-state index >= 15 is 0 Å². The van der Waals surface area contributed by atoms with Gasteiger partial charge in [-0.1, -0.05) is 38.5 Å². The number of rotatable bonds is 16. The van der Waals surface area contributed by atoms with Crippen LogP contribution in [0.1, 0.15) is 57.8 Å². The van der Waals surface area contributed by atoms with Crippen molar-refractivity contribution in [1.29, 1.82) is 0 Å². The highest BCUT2D eigenvalue weighted by atomic mass is 31.2. The molecule has 0 aliphatic carbocycles. The Morgan fingerprint density at radius 3 is 1.67 bits per heavy atom. The van der Waals surface area contributed by atoms with Crippen molar-refractivity contribution in [3.63, 3.8) is 0 Å². The van der Waals surface area contributed by atoms with E-state index in [2.05, 4.69) is 25.7 Å². The zero-order valence-corrected chi connectivity index (χ0v) is 16.5. The molecule has 7 nitrogen and oxygen atoms in total. The lowest BCUT2D eigenvalue weighted by molar-refractivity contribution is -0.870. The normalized spacial score (nSPS) is 14.2. The van der Waals surface area contributed by atoms with Crippen LogP contribution in [0.2, 0.25) is 0 Å². The van der Waals surface area contributed by atoms with Gasteiger partial charge < -0.3 is 20.0 Å². The summed E-state index contributed by atoms with van der Waals surface area (Å²) < 4.78 is 21.7. The topological polar surface area (TPSA) is 106 Å². The molecule has 24 heavy (non-hydrogen) atoms. The molecule has 0 rings (SSSR count). The largest absolute Gasteiger partial charge is 0.870 e. The van der Waals surface area contributed by atoms with Crippen LogP contribution < -0.4 is 0 Å². The fraction of sp³-hybridized carbons (Fsp3) is 1.00. The quantitative estimate of drug-likeness (QED) is 0.245. The third-order valence-corrected chi connectivity index (χ3v) is 4.59. The molecule has 8 heteroatoms. The molecule has 0 aliphatic rings. The van der Waals surface area contributed by atoms with Crippen LogP contribution >= 0.6 is 7.82 Å². The van der Waals surface area contributed by atoms with Crippen molar-refractivity contribution in [2.45, 2.75) is 57.8 Å². The van der Waals surface area contributed by atoms with Crippen molar-refractivity contribution in [1.82, 2.24) is 0 Å². The van der Waals surface area contributed by atoms with Gasteiger partial charge >= 0.3 is 7.82 Å². The van der Waals surface area contributed by atoms with Crippen LogP contribution in [-0.4, -0.2) is 67.5 Å². The minimum Gasteiger partial charge on any atom is -0.870 e. The van der Waals surface area contributed by atoms with Gasteiger partial charge in [0.2, 0.25) is 0 Å². The van der Waals surface area contributed by atoms with Gasteiger partial charge in [-0.3, -0.25) is 9.05 Å². The highest BCUT2D eigenvalue weighted by molar-refractivity contribution is 7.47. The molecular formula is C16H38NO6P. The summed E-state index contributed by atoms with van der Waals surface area (Å²) in [5.74, 6) is 0. The minimum atomic E-state index is -3.96. The van der Waals surface area contributed by atoms with E-state index in [1.807, 2.05) is 0 Å². The van der Waals surface area contributed by atoms with Crippen molar-refractivity contribution in [3.8, 4) is 0 Å². The number of phosphoric ester groups is 1. The summed E-state index contributed by atoms with van der Waals surface area (Å²) in [6, 6.07) is 0. The van der Waals surface area contributed by atoms with Gasteiger partial charge in [-0.25, -0.2) is 4.57 Å². The van der Waals surface area contributed by atoms with Gasteiger partial charge in [0, 0.05) is 0 Å². The molecule has 0 spiro atoms. The highest BCUT2D eigenvalue weighted by Crippen LogP contribution is 2.42. The lowest BCUT2D eigenvalue weighted by Crippen LogP contribution is -2.35. The van der Waals surface area contributed by atoms with Gasteiger partial charge in [0.05, 0.1) is 47.5 Å². The molecule has 1 atom stereocenters. The Kier molecular flexibility index (Phi) is 16.7. The van der Waals surface area contributed by atoms with E-state index in [1.165, 1.54) is 45.1 Å². The first kappa shape index (κ1) is 26.2. The van der Waals surface area contributed by atoms with Crippen LogP contribution in [0, 0.1) is 0 Å². The molecule has 0 saturated heterocycles. The Morgan fingerprint density at radius 1 is 0.792 bits per heavy atom. The summed E-state index contributed by atoms with van der Waals surface area (Å²) in [6.45, 7) is 1.01. The summed E-state index contributed by atoms with van der Waals surface area (Å²) in [6.07, 6.45) is 10.6. The van der Waals surface area contributed by atoms with Crippen LogP contribution in [-0.2, 0) is 13.6 Å². The number of nitrogens with zero attached hydrogens (tertiary/aromatic N) is 1. The SMILES string of the molecule is C[N+](C)(C)CCCCCCCCCCCOP(=O)(O)OCCO.[OH-]. The van der Waals surface area contributed by atoms with Gasteiger partial charge in [-0.15, -0.1) is 0 Å². The standard InChI is InChI=1S/C16H36NO5P.H2O/c1-17(2,3)13-11-9-7-5-4-6-8-10-12-15-21-23(19,20)22-16-14-18;/h18H,4-16H2,1-3H3;1H2. The molecule has 0 heterocycles. The van der Waals surface area contributed by atoms with E-state index in [4.69, 9.17) is 9.63 Å². The maximum absolute atomic E-state index is 11.3. The number of hydrogen-bond acceptors (Lipinski definition) is 5. The molecule has 1 unspecified atom stereocenters. The minimum absolute atomic E-state index is 0. The average Bonchev–Trinajstić information content (AvgIpc) is 2.45. The maximum Gasteiger partial charge on any atom is 0.472 e. The van der Waals surface area contributed by atoms with E-state index in [1.54, 1.807) is 0 Å². The van der Waals surface area contributed by atoms with Crippen molar-refractivity contribution >= 4 is 7.82 Å². The first-order chi connectivity index (χ1) is 10.8. The molecule has 0 amide bonds. The first-order valence-electron chi connectivity index (χ1n) is 8.80. The van der Waals surface area contributed by atoms with Crippen molar-refractivity contribution in [3.05, 3.63) is 0 Å². The summed E-state index contributed by atoms with van der Waals surface area (Å²) >= 11 is 0. The van der Waals surface area contributed by atoms with Crippen molar-refractivity contribution in [2.75, 3.05) is 47.5 Å². The van der Waals surface area contributed by atoms with Gasteiger partial charge in [0.1, 0.15) is 0 Å². The van der Waals surface area contributed by atoms with Crippen LogP contribution in [0.4, 0.5) is 0 Å². The number of phosphoric acid groups is 1. The molecule has 0 saturated carbocycles. The molecule has 0 fully saturated rings.